The molecule has 5 fully saturated rings. The predicted molar refractivity (Wildman–Crippen MR) is 107 cm³/mol. The Morgan fingerprint density at radius 2 is 1.37 bits per heavy atom. The third kappa shape index (κ3) is 3.81. The van der Waals surface area contributed by atoms with Gasteiger partial charge in [-0.15, -0.1) is 0 Å². The Hall–Kier alpha value is -1.41. The summed E-state index contributed by atoms with van der Waals surface area (Å²) in [5, 5.41) is 0. The van der Waals surface area contributed by atoms with Crippen LogP contribution in [0.1, 0.15) is 44.9 Å². The highest BCUT2D eigenvalue weighted by Gasteiger charge is 2.55. The maximum absolute atomic E-state index is 13.1. The molecule has 6 rings (SSSR count). The van der Waals surface area contributed by atoms with E-state index in [9.17, 15) is 18.0 Å². The van der Waals surface area contributed by atoms with Crippen molar-refractivity contribution in [2.75, 3.05) is 19.0 Å². The van der Waals surface area contributed by atoms with Crippen molar-refractivity contribution in [2.24, 2.45) is 46.8 Å². The van der Waals surface area contributed by atoms with Gasteiger partial charge in [-0.3, -0.25) is 14.1 Å². The number of ether oxygens (including phenoxy) is 2. The predicted octanol–water partition coefficient (Wildman–Crippen LogP) is 2.62. The first-order valence-electron chi connectivity index (χ1n) is 11.2. The van der Waals surface area contributed by atoms with E-state index < -0.39 is 40.3 Å². The van der Waals surface area contributed by atoms with Gasteiger partial charge >= 0.3 is 11.9 Å². The van der Waals surface area contributed by atoms with Crippen LogP contribution in [0.15, 0.2) is 12.2 Å². The summed E-state index contributed by atoms with van der Waals surface area (Å²) >= 11 is 0. The van der Waals surface area contributed by atoms with E-state index in [0.717, 1.165) is 43.4 Å². The van der Waals surface area contributed by atoms with Crippen LogP contribution in [-0.4, -0.2) is 43.9 Å². The minimum Gasteiger partial charge on any atom is -0.465 e. The number of hydrogen-bond acceptors (Lipinski definition) is 6. The quantitative estimate of drug-likeness (QED) is 0.370. The van der Waals surface area contributed by atoms with E-state index in [4.69, 9.17) is 14.0 Å². The van der Waals surface area contributed by atoms with Crippen molar-refractivity contribution in [3.8, 4) is 0 Å². The van der Waals surface area contributed by atoms with Gasteiger partial charge in [-0.05, 0) is 74.5 Å². The monoisotopic (exact) mass is 438 g/mol. The maximum atomic E-state index is 13.1. The summed E-state index contributed by atoms with van der Waals surface area (Å²) in [7, 11) is -4.20. The summed E-state index contributed by atoms with van der Waals surface area (Å²) in [5.74, 6) is -0.494. The third-order valence-electron chi connectivity index (χ3n) is 8.27. The summed E-state index contributed by atoms with van der Waals surface area (Å²) in [4.78, 5) is 25.7. The minimum absolute atomic E-state index is 0.0296. The van der Waals surface area contributed by atoms with E-state index in [1.165, 1.54) is 19.3 Å². The second kappa shape index (κ2) is 7.33. The van der Waals surface area contributed by atoms with Crippen LogP contribution in [0.25, 0.3) is 0 Å². The molecule has 0 amide bonds. The van der Waals surface area contributed by atoms with Crippen LogP contribution >= 0.6 is 0 Å². The number of carbonyl (C=O) groups excluding carboxylic acids is 2. The number of fused-ring (bicyclic) bond motifs is 2. The van der Waals surface area contributed by atoms with Crippen LogP contribution in [0, 0.1) is 46.8 Å². The topological polar surface area (TPSA) is 107 Å². The molecule has 6 aliphatic carbocycles. The van der Waals surface area contributed by atoms with Gasteiger partial charge in [0.1, 0.15) is 12.4 Å². The molecule has 4 atom stereocenters. The molecule has 0 aromatic carbocycles. The number of carbonyl (C=O) groups is 2. The second-order valence-corrected chi connectivity index (χ2v) is 12.1. The lowest BCUT2D eigenvalue weighted by molar-refractivity contribution is -0.168. The van der Waals surface area contributed by atoms with Crippen LogP contribution in [-0.2, 0) is 29.2 Å². The summed E-state index contributed by atoms with van der Waals surface area (Å²) in [6, 6.07) is 0. The molecule has 0 aromatic rings. The Labute approximate surface area is 177 Å². The molecule has 5 saturated carbocycles. The highest BCUT2D eigenvalue weighted by atomic mass is 32.2. The minimum atomic E-state index is -4.20. The smallest absolute Gasteiger partial charge is 0.310 e. The Kier molecular flexibility index (Phi) is 5.01. The Morgan fingerprint density at radius 3 is 1.87 bits per heavy atom. The first kappa shape index (κ1) is 20.5. The van der Waals surface area contributed by atoms with E-state index in [1.54, 1.807) is 0 Å². The summed E-state index contributed by atoms with van der Waals surface area (Å²) in [5.41, 5.74) is 0.128. The SMILES string of the molecule is O=C(OCCS(=O)(=O)O)C1C2C=CC(C2)C1C(=O)OCC12CC3CC(CC(C3)C1)C2. The number of allylic oxidation sites excluding steroid dienone is 2. The zero-order chi connectivity index (χ0) is 21.1. The lowest BCUT2D eigenvalue weighted by Gasteiger charge is -2.56. The fourth-order valence-corrected chi connectivity index (χ4v) is 7.89. The number of esters is 2. The summed E-state index contributed by atoms with van der Waals surface area (Å²) in [6.45, 7) is 0.0434. The van der Waals surface area contributed by atoms with E-state index in [2.05, 4.69) is 0 Å². The zero-order valence-corrected chi connectivity index (χ0v) is 17.9. The fourth-order valence-electron chi connectivity index (χ4n) is 7.60. The standard InChI is InChI=1S/C22H30O7S/c23-20(28-3-4-30(25,26)27)18-16-1-2-17(8-16)19(18)21(24)29-12-22-9-13-5-14(10-22)7-15(6-13)11-22/h1-2,13-19H,3-12H2,(H,25,26,27). The summed E-state index contributed by atoms with van der Waals surface area (Å²) in [6.07, 6.45) is 12.1. The Balaban J connectivity index is 1.22. The maximum Gasteiger partial charge on any atom is 0.310 e. The Morgan fingerprint density at radius 1 is 0.867 bits per heavy atom. The van der Waals surface area contributed by atoms with Crippen molar-refractivity contribution < 1.29 is 32.0 Å². The first-order chi connectivity index (χ1) is 14.2. The molecule has 0 radical (unpaired) electrons. The van der Waals surface area contributed by atoms with Crippen molar-refractivity contribution >= 4 is 22.1 Å². The van der Waals surface area contributed by atoms with Gasteiger partial charge in [-0.2, -0.15) is 8.42 Å². The van der Waals surface area contributed by atoms with Crippen molar-refractivity contribution in [3.05, 3.63) is 12.2 Å². The Bertz CT molecular complexity index is 825. The van der Waals surface area contributed by atoms with Gasteiger partial charge in [0.15, 0.2) is 0 Å². The van der Waals surface area contributed by atoms with E-state index in [-0.39, 0.29) is 23.2 Å². The average Bonchev–Trinajstić information content (AvgIpc) is 3.25. The lowest BCUT2D eigenvalue weighted by atomic mass is 9.50. The van der Waals surface area contributed by atoms with Crippen LogP contribution in [0.2, 0.25) is 0 Å². The molecule has 0 aliphatic heterocycles. The van der Waals surface area contributed by atoms with Crippen LogP contribution < -0.4 is 0 Å². The molecule has 6 bridgehead atoms. The highest BCUT2D eigenvalue weighted by Crippen LogP contribution is 2.60. The van der Waals surface area contributed by atoms with Crippen LogP contribution in [0.4, 0.5) is 0 Å². The molecule has 0 saturated heterocycles. The van der Waals surface area contributed by atoms with Crippen molar-refractivity contribution in [3.63, 3.8) is 0 Å². The van der Waals surface area contributed by atoms with Gasteiger partial charge < -0.3 is 9.47 Å². The largest absolute Gasteiger partial charge is 0.465 e. The molecule has 1 N–H and O–H groups in total. The van der Waals surface area contributed by atoms with Crippen molar-refractivity contribution in [1.82, 2.24) is 0 Å². The normalized spacial score (nSPS) is 43.2. The van der Waals surface area contributed by atoms with Crippen molar-refractivity contribution in [1.29, 1.82) is 0 Å². The van der Waals surface area contributed by atoms with Crippen LogP contribution in [0.3, 0.4) is 0 Å². The van der Waals surface area contributed by atoms with E-state index >= 15 is 0 Å². The zero-order valence-electron chi connectivity index (χ0n) is 17.1. The molecule has 8 heteroatoms. The molecular formula is C22H30O7S. The number of rotatable bonds is 7. The lowest BCUT2D eigenvalue weighted by Crippen LogP contribution is -2.49. The van der Waals surface area contributed by atoms with Gasteiger partial charge in [-0.25, -0.2) is 0 Å². The molecule has 0 spiro atoms. The molecule has 7 nitrogen and oxygen atoms in total. The molecule has 166 valence electrons. The molecule has 0 aromatic heterocycles. The van der Waals surface area contributed by atoms with Crippen LogP contribution in [0.5, 0.6) is 0 Å². The number of hydrogen-bond donors (Lipinski definition) is 1. The van der Waals surface area contributed by atoms with Gasteiger partial charge in [0.05, 0.1) is 18.4 Å². The van der Waals surface area contributed by atoms with Crippen molar-refractivity contribution in [2.45, 2.75) is 44.9 Å². The van der Waals surface area contributed by atoms with E-state index in [1.807, 2.05) is 12.2 Å². The molecule has 30 heavy (non-hydrogen) atoms. The molecule has 6 aliphatic rings. The summed E-state index contributed by atoms with van der Waals surface area (Å²) < 4.78 is 41.5. The molecular weight excluding hydrogens is 408 g/mol. The molecule has 0 heterocycles. The van der Waals surface area contributed by atoms with Gasteiger partial charge in [0, 0.05) is 5.41 Å². The molecule has 4 unspecified atom stereocenters. The second-order valence-electron chi connectivity index (χ2n) is 10.5. The van der Waals surface area contributed by atoms with Gasteiger partial charge in [-0.1, -0.05) is 12.2 Å². The average molecular weight is 439 g/mol. The third-order valence-corrected chi connectivity index (χ3v) is 8.96. The van der Waals surface area contributed by atoms with Gasteiger partial charge in [0.2, 0.25) is 0 Å². The highest BCUT2D eigenvalue weighted by molar-refractivity contribution is 7.85. The first-order valence-corrected chi connectivity index (χ1v) is 12.8. The fraction of sp³-hybridized carbons (Fsp3) is 0.818. The van der Waals surface area contributed by atoms with E-state index in [0.29, 0.717) is 6.61 Å². The van der Waals surface area contributed by atoms with Gasteiger partial charge in [0.25, 0.3) is 10.1 Å².